The summed E-state index contributed by atoms with van der Waals surface area (Å²) in [4.78, 5) is 6.18. The summed E-state index contributed by atoms with van der Waals surface area (Å²) in [5.41, 5.74) is 1.03. The minimum atomic E-state index is -2.58. The molecule has 68 valence electrons. The van der Waals surface area contributed by atoms with Crippen molar-refractivity contribution in [2.45, 2.75) is 6.43 Å². The van der Waals surface area contributed by atoms with Gasteiger partial charge in [-0.3, -0.25) is 0 Å². The molecule has 0 radical (unpaired) electrons. The first-order valence-corrected chi connectivity index (χ1v) is 3.98. The number of imidazole rings is 1. The second kappa shape index (κ2) is 2.96. The number of nitrogens with zero attached hydrogens (tertiary/aromatic N) is 1. The van der Waals surface area contributed by atoms with Crippen molar-refractivity contribution >= 4 is 22.6 Å². The van der Waals surface area contributed by atoms with Crippen LogP contribution < -0.4 is 0 Å². The van der Waals surface area contributed by atoms with E-state index in [-0.39, 0.29) is 5.82 Å². The van der Waals surface area contributed by atoms with Crippen molar-refractivity contribution in [2.75, 3.05) is 0 Å². The van der Waals surface area contributed by atoms with Gasteiger partial charge in [0, 0.05) is 5.02 Å². The van der Waals surface area contributed by atoms with Crippen LogP contribution in [0.25, 0.3) is 11.0 Å². The highest BCUT2D eigenvalue weighted by Crippen LogP contribution is 2.21. The fraction of sp³-hybridized carbons (Fsp3) is 0.125. The van der Waals surface area contributed by atoms with Crippen LogP contribution in [-0.2, 0) is 0 Å². The molecule has 1 aromatic carbocycles. The van der Waals surface area contributed by atoms with Crippen LogP contribution in [0.3, 0.4) is 0 Å². The fourth-order valence-corrected chi connectivity index (χ4v) is 1.28. The second-order valence-electron chi connectivity index (χ2n) is 2.58. The Morgan fingerprint density at radius 3 is 2.85 bits per heavy atom. The minimum absolute atomic E-state index is 0.322. The Hall–Kier alpha value is -1.16. The van der Waals surface area contributed by atoms with Gasteiger partial charge in [-0.25, -0.2) is 13.8 Å². The minimum Gasteiger partial charge on any atom is -0.337 e. The van der Waals surface area contributed by atoms with E-state index < -0.39 is 6.43 Å². The molecule has 1 N–H and O–H groups in total. The number of alkyl halides is 2. The molecule has 2 aromatic rings. The first-order chi connectivity index (χ1) is 6.16. The number of hydrogen-bond donors (Lipinski definition) is 1. The van der Waals surface area contributed by atoms with Crippen molar-refractivity contribution in [1.82, 2.24) is 9.97 Å². The molecule has 0 aliphatic rings. The number of benzene rings is 1. The van der Waals surface area contributed by atoms with Crippen LogP contribution in [0.1, 0.15) is 12.2 Å². The van der Waals surface area contributed by atoms with Crippen LogP contribution in [0.2, 0.25) is 5.02 Å². The van der Waals surface area contributed by atoms with E-state index >= 15 is 0 Å². The quantitative estimate of drug-likeness (QED) is 0.756. The molecular weight excluding hydrogens is 198 g/mol. The molecule has 0 saturated heterocycles. The monoisotopic (exact) mass is 202 g/mol. The van der Waals surface area contributed by atoms with Crippen LogP contribution in [0.4, 0.5) is 8.78 Å². The highest BCUT2D eigenvalue weighted by molar-refractivity contribution is 6.31. The maximum Gasteiger partial charge on any atom is 0.295 e. The van der Waals surface area contributed by atoms with Gasteiger partial charge in [-0.05, 0) is 18.2 Å². The van der Waals surface area contributed by atoms with E-state index in [0.29, 0.717) is 16.1 Å². The van der Waals surface area contributed by atoms with E-state index in [1.54, 1.807) is 18.2 Å². The third-order valence-corrected chi connectivity index (χ3v) is 1.90. The Labute approximate surface area is 77.5 Å². The van der Waals surface area contributed by atoms with Gasteiger partial charge in [-0.15, -0.1) is 0 Å². The number of H-pyrrole nitrogens is 1. The van der Waals surface area contributed by atoms with Gasteiger partial charge in [-0.2, -0.15) is 0 Å². The molecule has 2 nitrogen and oxygen atoms in total. The predicted molar refractivity (Wildman–Crippen MR) is 46.1 cm³/mol. The van der Waals surface area contributed by atoms with Crippen molar-refractivity contribution in [3.8, 4) is 0 Å². The maximum atomic E-state index is 12.2. The zero-order chi connectivity index (χ0) is 9.42. The SMILES string of the molecule is FC(F)c1nc2ccc(Cl)cc2[nH]1. The fourth-order valence-electron chi connectivity index (χ4n) is 1.10. The van der Waals surface area contributed by atoms with Gasteiger partial charge in [0.2, 0.25) is 0 Å². The largest absolute Gasteiger partial charge is 0.337 e. The van der Waals surface area contributed by atoms with Crippen LogP contribution in [0.15, 0.2) is 18.2 Å². The number of aromatic nitrogens is 2. The molecular formula is C8H5ClF2N2. The predicted octanol–water partition coefficient (Wildman–Crippen LogP) is 3.15. The van der Waals surface area contributed by atoms with E-state index in [4.69, 9.17) is 11.6 Å². The molecule has 5 heteroatoms. The van der Waals surface area contributed by atoms with Crippen molar-refractivity contribution < 1.29 is 8.78 Å². The Morgan fingerprint density at radius 1 is 1.38 bits per heavy atom. The average molecular weight is 203 g/mol. The Balaban J connectivity index is 2.62. The zero-order valence-corrected chi connectivity index (χ0v) is 7.15. The van der Waals surface area contributed by atoms with Gasteiger partial charge in [0.1, 0.15) is 0 Å². The Bertz CT molecular complexity index is 439. The third-order valence-electron chi connectivity index (χ3n) is 1.67. The van der Waals surface area contributed by atoms with Crippen LogP contribution in [0, 0.1) is 0 Å². The standard InChI is InChI=1S/C8H5ClF2N2/c9-4-1-2-5-6(3-4)13-8(12-5)7(10)11/h1-3,7H,(H,12,13). The van der Waals surface area contributed by atoms with E-state index in [1.165, 1.54) is 0 Å². The molecule has 0 atom stereocenters. The Kier molecular flexibility index (Phi) is 1.92. The summed E-state index contributed by atoms with van der Waals surface area (Å²) in [6.45, 7) is 0. The van der Waals surface area contributed by atoms with Crippen molar-refractivity contribution in [2.24, 2.45) is 0 Å². The number of aromatic amines is 1. The van der Waals surface area contributed by atoms with Gasteiger partial charge in [0.25, 0.3) is 6.43 Å². The van der Waals surface area contributed by atoms with Gasteiger partial charge in [0.05, 0.1) is 11.0 Å². The van der Waals surface area contributed by atoms with E-state index in [0.717, 1.165) is 0 Å². The van der Waals surface area contributed by atoms with Crippen LogP contribution >= 0.6 is 11.6 Å². The first-order valence-electron chi connectivity index (χ1n) is 3.60. The molecule has 0 unspecified atom stereocenters. The molecule has 13 heavy (non-hydrogen) atoms. The maximum absolute atomic E-state index is 12.2. The lowest BCUT2D eigenvalue weighted by atomic mass is 10.3. The molecule has 0 bridgehead atoms. The number of rotatable bonds is 1. The number of halogens is 3. The summed E-state index contributed by atoms with van der Waals surface area (Å²) in [7, 11) is 0. The summed E-state index contributed by atoms with van der Waals surface area (Å²) >= 11 is 5.67. The van der Waals surface area contributed by atoms with Crippen molar-refractivity contribution in [1.29, 1.82) is 0 Å². The second-order valence-corrected chi connectivity index (χ2v) is 3.02. The topological polar surface area (TPSA) is 28.7 Å². The molecule has 2 rings (SSSR count). The lowest BCUT2D eigenvalue weighted by molar-refractivity contribution is 0.142. The first kappa shape index (κ1) is 8.44. The van der Waals surface area contributed by atoms with Crippen LogP contribution in [-0.4, -0.2) is 9.97 Å². The van der Waals surface area contributed by atoms with Gasteiger partial charge >= 0.3 is 0 Å². The lowest BCUT2D eigenvalue weighted by Crippen LogP contribution is -1.84. The molecule has 0 spiro atoms. The highest BCUT2D eigenvalue weighted by atomic mass is 35.5. The summed E-state index contributed by atoms with van der Waals surface area (Å²) in [5.74, 6) is -0.322. The smallest absolute Gasteiger partial charge is 0.295 e. The zero-order valence-electron chi connectivity index (χ0n) is 6.39. The average Bonchev–Trinajstić information content (AvgIpc) is 2.46. The Morgan fingerprint density at radius 2 is 2.15 bits per heavy atom. The molecule has 0 saturated carbocycles. The number of nitrogens with one attached hydrogen (secondary N) is 1. The lowest BCUT2D eigenvalue weighted by Gasteiger charge is -1.88. The number of hydrogen-bond acceptors (Lipinski definition) is 1. The van der Waals surface area contributed by atoms with E-state index in [2.05, 4.69) is 9.97 Å². The summed E-state index contributed by atoms with van der Waals surface area (Å²) in [6.07, 6.45) is -2.58. The highest BCUT2D eigenvalue weighted by Gasteiger charge is 2.12. The van der Waals surface area contributed by atoms with Gasteiger partial charge in [0.15, 0.2) is 5.82 Å². The van der Waals surface area contributed by atoms with Gasteiger partial charge < -0.3 is 4.98 Å². The molecule has 0 aliphatic heterocycles. The van der Waals surface area contributed by atoms with Crippen LogP contribution in [0.5, 0.6) is 0 Å². The van der Waals surface area contributed by atoms with Gasteiger partial charge in [-0.1, -0.05) is 11.6 Å². The molecule has 0 fully saturated rings. The molecule has 1 aromatic heterocycles. The summed E-state index contributed by atoms with van der Waals surface area (Å²) in [6, 6.07) is 4.77. The van der Waals surface area contributed by atoms with Crippen molar-refractivity contribution in [3.63, 3.8) is 0 Å². The summed E-state index contributed by atoms with van der Waals surface area (Å²) < 4.78 is 24.4. The van der Waals surface area contributed by atoms with E-state index in [9.17, 15) is 8.78 Å². The third kappa shape index (κ3) is 1.49. The molecule has 0 aliphatic carbocycles. The molecule has 1 heterocycles. The van der Waals surface area contributed by atoms with E-state index in [1.807, 2.05) is 0 Å². The summed E-state index contributed by atoms with van der Waals surface area (Å²) in [5, 5.41) is 0.497. The normalized spacial score (nSPS) is 11.4. The van der Waals surface area contributed by atoms with Crippen molar-refractivity contribution in [3.05, 3.63) is 29.0 Å². The number of fused-ring (bicyclic) bond motifs is 1. The molecule has 0 amide bonds.